The maximum absolute atomic E-state index is 13.8. The molecule has 2 aliphatic rings. The molecule has 34 heavy (non-hydrogen) atoms. The largest absolute Gasteiger partial charge is 0.434 e. The number of piperazine rings is 1. The number of hydrogen-bond acceptors (Lipinski definition) is 5. The molecular formula is C27H24N4O3. The number of ether oxygens (including phenoxy) is 1. The molecule has 2 unspecified atom stereocenters. The molecule has 0 bridgehead atoms. The van der Waals surface area contributed by atoms with Gasteiger partial charge in [0.1, 0.15) is 12.1 Å². The summed E-state index contributed by atoms with van der Waals surface area (Å²) in [5.41, 5.74) is 2.09. The van der Waals surface area contributed by atoms with Gasteiger partial charge in [-0.15, -0.1) is 0 Å². The fourth-order valence-corrected chi connectivity index (χ4v) is 5.21. The lowest BCUT2D eigenvalue weighted by Gasteiger charge is -2.44. The molecule has 3 aromatic carbocycles. The van der Waals surface area contributed by atoms with Crippen LogP contribution in [0.2, 0.25) is 0 Å². The summed E-state index contributed by atoms with van der Waals surface area (Å²) in [7, 11) is 0. The van der Waals surface area contributed by atoms with Gasteiger partial charge in [-0.2, -0.15) is 0 Å². The number of nitrogens with one attached hydrogen (secondary N) is 3. The van der Waals surface area contributed by atoms with E-state index in [4.69, 9.17) is 4.74 Å². The average Bonchev–Trinajstić information content (AvgIpc) is 3.49. The molecule has 2 atom stereocenters. The van der Waals surface area contributed by atoms with Crippen LogP contribution in [0, 0.1) is 0 Å². The molecule has 1 aromatic heterocycles. The molecule has 170 valence electrons. The maximum Gasteiger partial charge on any atom is 0.327 e. The van der Waals surface area contributed by atoms with E-state index in [1.807, 2.05) is 96.0 Å². The van der Waals surface area contributed by atoms with Crippen molar-refractivity contribution in [1.29, 1.82) is 0 Å². The zero-order valence-electron chi connectivity index (χ0n) is 18.4. The highest BCUT2D eigenvalue weighted by Gasteiger charge is 2.60. The van der Waals surface area contributed by atoms with Crippen molar-refractivity contribution in [2.75, 3.05) is 18.4 Å². The molecule has 6 rings (SSSR count). The third-order valence-electron chi connectivity index (χ3n) is 6.72. The Morgan fingerprint density at radius 1 is 0.912 bits per heavy atom. The van der Waals surface area contributed by atoms with Crippen molar-refractivity contribution in [3.63, 3.8) is 0 Å². The number of rotatable bonds is 4. The van der Waals surface area contributed by atoms with Gasteiger partial charge in [-0.1, -0.05) is 66.7 Å². The summed E-state index contributed by atoms with van der Waals surface area (Å²) in [5.74, 6) is -0.536. The number of aromatic nitrogens is 1. The van der Waals surface area contributed by atoms with E-state index in [9.17, 15) is 9.59 Å². The van der Waals surface area contributed by atoms with Crippen molar-refractivity contribution in [2.45, 2.75) is 17.8 Å². The number of nitrogens with zero attached hydrogens (tertiary/aromatic N) is 1. The lowest BCUT2D eigenvalue weighted by atomic mass is 9.90. The fourth-order valence-electron chi connectivity index (χ4n) is 5.21. The van der Waals surface area contributed by atoms with E-state index in [2.05, 4.69) is 15.6 Å². The SMILES string of the molecule is O=C(Nc1cccc2[nH]ccc12)C1CNCC2C(=O)OC(c3ccccc3)(c3ccccc3)N12. The number of fused-ring (bicyclic) bond motifs is 2. The molecule has 0 aliphatic carbocycles. The number of carbonyl (C=O) groups excluding carboxylic acids is 2. The summed E-state index contributed by atoms with van der Waals surface area (Å²) in [4.78, 5) is 32.1. The first-order valence-electron chi connectivity index (χ1n) is 11.4. The normalized spacial score (nSPS) is 21.7. The smallest absolute Gasteiger partial charge is 0.327 e. The van der Waals surface area contributed by atoms with Crippen molar-refractivity contribution in [3.05, 3.63) is 102 Å². The standard InChI is InChI=1S/C27H24N4O3/c32-25(30-22-13-7-12-21-20(22)14-15-29-21)23-16-28-17-24-26(33)34-27(31(23)24,18-8-3-1-4-9-18)19-10-5-2-6-11-19/h1-15,23-24,28-29H,16-17H2,(H,30,32). The van der Waals surface area contributed by atoms with E-state index in [1.54, 1.807) is 0 Å². The van der Waals surface area contributed by atoms with Crippen LogP contribution >= 0.6 is 0 Å². The first-order chi connectivity index (χ1) is 16.7. The number of esters is 1. The van der Waals surface area contributed by atoms with Crippen LogP contribution in [0.4, 0.5) is 5.69 Å². The molecule has 0 saturated carbocycles. The van der Waals surface area contributed by atoms with Gasteiger partial charge in [0.05, 0.1) is 5.69 Å². The lowest BCUT2D eigenvalue weighted by molar-refractivity contribution is -0.152. The highest BCUT2D eigenvalue weighted by atomic mass is 16.6. The van der Waals surface area contributed by atoms with E-state index < -0.39 is 17.8 Å². The monoisotopic (exact) mass is 452 g/mol. The van der Waals surface area contributed by atoms with Crippen LogP contribution in [0.1, 0.15) is 11.1 Å². The summed E-state index contributed by atoms with van der Waals surface area (Å²) in [6.07, 6.45) is 1.85. The van der Waals surface area contributed by atoms with E-state index in [0.29, 0.717) is 13.1 Å². The molecule has 0 spiro atoms. The van der Waals surface area contributed by atoms with Gasteiger partial charge in [-0.3, -0.25) is 9.59 Å². The van der Waals surface area contributed by atoms with E-state index in [0.717, 1.165) is 27.7 Å². The van der Waals surface area contributed by atoms with Crippen LogP contribution in [0.25, 0.3) is 10.9 Å². The molecule has 7 heteroatoms. The third kappa shape index (κ3) is 3.13. The molecular weight excluding hydrogens is 428 g/mol. The lowest BCUT2D eigenvalue weighted by Crippen LogP contribution is -2.65. The van der Waals surface area contributed by atoms with Gasteiger partial charge in [0.25, 0.3) is 0 Å². The number of aromatic amines is 1. The summed E-state index contributed by atoms with van der Waals surface area (Å²) in [5, 5.41) is 7.30. The zero-order valence-corrected chi connectivity index (χ0v) is 18.4. The first-order valence-corrected chi connectivity index (χ1v) is 11.4. The van der Waals surface area contributed by atoms with Crippen LogP contribution < -0.4 is 10.6 Å². The molecule has 7 nitrogen and oxygen atoms in total. The van der Waals surface area contributed by atoms with Crippen LogP contribution in [0.15, 0.2) is 91.1 Å². The molecule has 0 radical (unpaired) electrons. The van der Waals surface area contributed by atoms with Crippen molar-refractivity contribution in [1.82, 2.24) is 15.2 Å². The molecule has 1 amide bonds. The summed E-state index contributed by atoms with van der Waals surface area (Å²) < 4.78 is 6.22. The Kier molecular flexibility index (Phi) is 4.94. The van der Waals surface area contributed by atoms with Gasteiger partial charge < -0.3 is 20.4 Å². The van der Waals surface area contributed by atoms with Gasteiger partial charge in [0.15, 0.2) is 0 Å². The molecule has 4 aromatic rings. The predicted molar refractivity (Wildman–Crippen MR) is 129 cm³/mol. The van der Waals surface area contributed by atoms with Gasteiger partial charge in [0.2, 0.25) is 11.6 Å². The number of amides is 1. The summed E-state index contributed by atoms with van der Waals surface area (Å²) in [6, 6.07) is 25.8. The minimum atomic E-state index is -1.20. The summed E-state index contributed by atoms with van der Waals surface area (Å²) >= 11 is 0. The Labute approximate surface area is 196 Å². The Morgan fingerprint density at radius 2 is 1.62 bits per heavy atom. The maximum atomic E-state index is 13.8. The van der Waals surface area contributed by atoms with Gasteiger partial charge in [-0.05, 0) is 18.2 Å². The first kappa shape index (κ1) is 20.7. The average molecular weight is 453 g/mol. The van der Waals surface area contributed by atoms with Crippen molar-refractivity contribution >= 4 is 28.5 Å². The molecule has 3 heterocycles. The number of H-pyrrole nitrogens is 1. The Balaban J connectivity index is 1.46. The summed E-state index contributed by atoms with van der Waals surface area (Å²) in [6.45, 7) is 0.806. The number of anilines is 1. The molecule has 2 aliphatic heterocycles. The van der Waals surface area contributed by atoms with Crippen molar-refractivity contribution in [3.8, 4) is 0 Å². The van der Waals surface area contributed by atoms with Crippen molar-refractivity contribution < 1.29 is 14.3 Å². The topological polar surface area (TPSA) is 86.5 Å². The minimum Gasteiger partial charge on any atom is -0.434 e. The van der Waals surface area contributed by atoms with Crippen LogP contribution in [0.3, 0.4) is 0 Å². The van der Waals surface area contributed by atoms with Crippen LogP contribution in [-0.4, -0.2) is 46.9 Å². The highest BCUT2D eigenvalue weighted by Crippen LogP contribution is 2.45. The highest BCUT2D eigenvalue weighted by molar-refractivity contribution is 6.03. The Hall–Kier alpha value is -3.94. The van der Waals surface area contributed by atoms with Gasteiger partial charge >= 0.3 is 5.97 Å². The van der Waals surface area contributed by atoms with E-state index >= 15 is 0 Å². The van der Waals surface area contributed by atoms with Crippen LogP contribution in [0.5, 0.6) is 0 Å². The molecule has 2 saturated heterocycles. The Bertz CT molecular complexity index is 1310. The van der Waals surface area contributed by atoms with Crippen LogP contribution in [-0.2, 0) is 20.1 Å². The van der Waals surface area contributed by atoms with Crippen molar-refractivity contribution in [2.24, 2.45) is 0 Å². The van der Waals surface area contributed by atoms with E-state index in [-0.39, 0.29) is 11.9 Å². The van der Waals surface area contributed by atoms with Gasteiger partial charge in [-0.25, -0.2) is 4.90 Å². The fraction of sp³-hybridized carbons (Fsp3) is 0.185. The molecule has 3 N–H and O–H groups in total. The second kappa shape index (κ2) is 8.13. The number of hydrogen-bond donors (Lipinski definition) is 3. The predicted octanol–water partition coefficient (Wildman–Crippen LogP) is 3.21. The number of cyclic esters (lactones) is 1. The van der Waals surface area contributed by atoms with E-state index in [1.165, 1.54) is 0 Å². The minimum absolute atomic E-state index is 0.194. The number of benzene rings is 3. The number of carbonyl (C=O) groups is 2. The second-order valence-corrected chi connectivity index (χ2v) is 8.63. The molecule has 2 fully saturated rings. The third-order valence-corrected chi connectivity index (χ3v) is 6.72. The Morgan fingerprint density at radius 3 is 2.32 bits per heavy atom. The zero-order chi connectivity index (χ0) is 23.1. The van der Waals surface area contributed by atoms with Gasteiger partial charge in [0, 0.05) is 41.3 Å². The second-order valence-electron chi connectivity index (χ2n) is 8.63. The quantitative estimate of drug-likeness (QED) is 0.414.